The summed E-state index contributed by atoms with van der Waals surface area (Å²) < 4.78 is 6.82. The number of aryl methyl sites for hydroxylation is 1. The first-order chi connectivity index (χ1) is 7.07. The topological polar surface area (TPSA) is 62.5 Å². The minimum atomic E-state index is -0.498. The van der Waals surface area contributed by atoms with Gasteiger partial charge in [0.1, 0.15) is 6.61 Å². The van der Waals surface area contributed by atoms with Crippen LogP contribution in [0.5, 0.6) is 0 Å². The summed E-state index contributed by atoms with van der Waals surface area (Å²) in [6.07, 6.45) is 1.38. The lowest BCUT2D eigenvalue weighted by atomic mass is 10.4. The van der Waals surface area contributed by atoms with Gasteiger partial charge in [-0.25, -0.2) is 4.79 Å². The lowest BCUT2D eigenvalue weighted by Gasteiger charge is -2.09. The molecule has 1 heterocycles. The van der Waals surface area contributed by atoms with E-state index in [1.54, 1.807) is 6.92 Å². The van der Waals surface area contributed by atoms with Crippen LogP contribution in [0.25, 0.3) is 0 Å². The van der Waals surface area contributed by atoms with E-state index in [1.807, 2.05) is 0 Å². The Balaban J connectivity index is 3.00. The van der Waals surface area contributed by atoms with Gasteiger partial charge in [-0.3, -0.25) is 9.36 Å². The van der Waals surface area contributed by atoms with E-state index in [0.717, 1.165) is 9.30 Å². The molecule has 0 spiro atoms. The van der Waals surface area contributed by atoms with Gasteiger partial charge in [-0.2, -0.15) is 0 Å². The fraction of sp³-hybridized carbons (Fsp3) is 0.556. The van der Waals surface area contributed by atoms with E-state index in [2.05, 4.69) is 0 Å². The maximum Gasteiger partial charge on any atom is 0.363 e. The molecule has 0 aromatic carbocycles. The highest BCUT2D eigenvalue weighted by Gasteiger charge is 2.05. The smallest absolute Gasteiger partial charge is 0.363 e. The van der Waals surface area contributed by atoms with Crippen LogP contribution in [-0.4, -0.2) is 29.6 Å². The SMILES string of the molecule is COCCOn1cc(C)c(=O)n(C)c1=O. The molecule has 6 nitrogen and oxygen atoms in total. The van der Waals surface area contributed by atoms with Gasteiger partial charge in [-0.05, 0) is 6.92 Å². The molecule has 0 radical (unpaired) electrons. The Bertz CT molecular complexity index is 446. The predicted octanol–water partition coefficient (Wildman–Crippen LogP) is -1.07. The van der Waals surface area contributed by atoms with Crippen LogP contribution in [-0.2, 0) is 11.8 Å². The first-order valence-electron chi connectivity index (χ1n) is 4.49. The highest BCUT2D eigenvalue weighted by molar-refractivity contribution is 5.01. The van der Waals surface area contributed by atoms with Crippen LogP contribution >= 0.6 is 0 Å². The molecule has 0 aliphatic rings. The molecule has 84 valence electrons. The summed E-state index contributed by atoms with van der Waals surface area (Å²) in [6.45, 7) is 2.26. The van der Waals surface area contributed by atoms with E-state index in [1.165, 1.54) is 20.4 Å². The second kappa shape index (κ2) is 4.79. The highest BCUT2D eigenvalue weighted by Crippen LogP contribution is 1.83. The maximum absolute atomic E-state index is 11.5. The van der Waals surface area contributed by atoms with Crippen LogP contribution in [0.1, 0.15) is 5.56 Å². The minimum Gasteiger partial charge on any atom is -0.407 e. The molecule has 6 heteroatoms. The van der Waals surface area contributed by atoms with Crippen LogP contribution in [0.4, 0.5) is 0 Å². The molecular formula is C9H14N2O4. The number of methoxy groups -OCH3 is 1. The van der Waals surface area contributed by atoms with Crippen molar-refractivity contribution in [1.82, 2.24) is 9.30 Å². The zero-order chi connectivity index (χ0) is 11.4. The van der Waals surface area contributed by atoms with Crippen LogP contribution < -0.4 is 16.1 Å². The number of hydrogen-bond acceptors (Lipinski definition) is 4. The normalized spacial score (nSPS) is 10.3. The summed E-state index contributed by atoms with van der Waals surface area (Å²) in [5.41, 5.74) is -0.359. The van der Waals surface area contributed by atoms with Crippen LogP contribution in [0.3, 0.4) is 0 Å². The quantitative estimate of drug-likeness (QED) is 0.599. The number of aromatic nitrogens is 2. The Hall–Kier alpha value is -1.56. The summed E-state index contributed by atoms with van der Waals surface area (Å²) in [5.74, 6) is 0. The Morgan fingerprint density at radius 2 is 2.00 bits per heavy atom. The molecule has 0 N–H and O–H groups in total. The lowest BCUT2D eigenvalue weighted by molar-refractivity contribution is 0.0482. The molecule has 0 bridgehead atoms. The van der Waals surface area contributed by atoms with Crippen molar-refractivity contribution in [2.45, 2.75) is 6.92 Å². The zero-order valence-corrected chi connectivity index (χ0v) is 9.02. The second-order valence-electron chi connectivity index (χ2n) is 3.11. The lowest BCUT2D eigenvalue weighted by Crippen LogP contribution is -2.41. The Morgan fingerprint density at radius 1 is 1.33 bits per heavy atom. The van der Waals surface area contributed by atoms with Gasteiger partial charge < -0.3 is 9.57 Å². The first-order valence-corrected chi connectivity index (χ1v) is 4.49. The Labute approximate surface area is 86.6 Å². The van der Waals surface area contributed by atoms with Gasteiger partial charge in [-0.1, -0.05) is 0 Å². The van der Waals surface area contributed by atoms with Crippen molar-refractivity contribution in [3.05, 3.63) is 32.6 Å². The molecule has 0 aliphatic heterocycles. The van der Waals surface area contributed by atoms with Crippen molar-refractivity contribution in [3.8, 4) is 0 Å². The molecule has 15 heavy (non-hydrogen) atoms. The van der Waals surface area contributed by atoms with Gasteiger partial charge >= 0.3 is 5.69 Å². The minimum absolute atomic E-state index is 0.258. The van der Waals surface area contributed by atoms with Crippen LogP contribution in [0, 0.1) is 6.92 Å². The third kappa shape index (κ3) is 2.47. The third-order valence-electron chi connectivity index (χ3n) is 1.95. The molecule has 0 aliphatic carbocycles. The molecule has 0 amide bonds. The standard InChI is InChI=1S/C9H14N2O4/c1-7-6-11(15-5-4-14-3)9(13)10(2)8(7)12/h6H,4-5H2,1-3H3. The van der Waals surface area contributed by atoms with Gasteiger partial charge in [0.15, 0.2) is 0 Å². The number of rotatable bonds is 4. The average molecular weight is 214 g/mol. The van der Waals surface area contributed by atoms with Crippen molar-refractivity contribution >= 4 is 0 Å². The van der Waals surface area contributed by atoms with Gasteiger partial charge in [0.25, 0.3) is 5.56 Å². The summed E-state index contributed by atoms with van der Waals surface area (Å²) >= 11 is 0. The summed E-state index contributed by atoms with van der Waals surface area (Å²) in [7, 11) is 2.95. The summed E-state index contributed by atoms with van der Waals surface area (Å²) in [6, 6.07) is 0. The van der Waals surface area contributed by atoms with Crippen molar-refractivity contribution in [3.63, 3.8) is 0 Å². The Morgan fingerprint density at radius 3 is 2.60 bits per heavy atom. The number of hydrogen-bond donors (Lipinski definition) is 0. The number of ether oxygens (including phenoxy) is 1. The molecule has 0 saturated carbocycles. The predicted molar refractivity (Wildman–Crippen MR) is 54.0 cm³/mol. The van der Waals surface area contributed by atoms with Crippen LogP contribution in [0.2, 0.25) is 0 Å². The largest absolute Gasteiger partial charge is 0.407 e. The maximum atomic E-state index is 11.5. The molecule has 0 atom stereocenters. The van der Waals surface area contributed by atoms with E-state index in [4.69, 9.17) is 9.57 Å². The molecular weight excluding hydrogens is 200 g/mol. The van der Waals surface area contributed by atoms with Crippen molar-refractivity contribution in [2.75, 3.05) is 20.3 Å². The second-order valence-corrected chi connectivity index (χ2v) is 3.11. The Kier molecular flexibility index (Phi) is 3.68. The van der Waals surface area contributed by atoms with Gasteiger partial charge in [-0.15, -0.1) is 4.73 Å². The van der Waals surface area contributed by atoms with Gasteiger partial charge in [0, 0.05) is 19.7 Å². The first kappa shape index (κ1) is 11.5. The molecule has 0 saturated heterocycles. The molecule has 1 rings (SSSR count). The molecule has 0 fully saturated rings. The van der Waals surface area contributed by atoms with E-state index in [-0.39, 0.29) is 12.2 Å². The van der Waals surface area contributed by atoms with E-state index >= 15 is 0 Å². The molecule has 1 aromatic rings. The van der Waals surface area contributed by atoms with Gasteiger partial charge in [0.2, 0.25) is 0 Å². The van der Waals surface area contributed by atoms with E-state index < -0.39 is 5.69 Å². The third-order valence-corrected chi connectivity index (χ3v) is 1.95. The highest BCUT2D eigenvalue weighted by atomic mass is 16.7. The number of nitrogens with zero attached hydrogens (tertiary/aromatic N) is 2. The monoisotopic (exact) mass is 214 g/mol. The van der Waals surface area contributed by atoms with Crippen LogP contribution in [0.15, 0.2) is 15.8 Å². The van der Waals surface area contributed by atoms with Crippen molar-refractivity contribution in [1.29, 1.82) is 0 Å². The van der Waals surface area contributed by atoms with Gasteiger partial charge in [0.05, 0.1) is 12.8 Å². The van der Waals surface area contributed by atoms with Crippen molar-refractivity contribution in [2.24, 2.45) is 7.05 Å². The summed E-state index contributed by atoms with van der Waals surface area (Å²) in [4.78, 5) is 28.0. The fourth-order valence-electron chi connectivity index (χ4n) is 1.10. The van der Waals surface area contributed by atoms with E-state index in [9.17, 15) is 9.59 Å². The van der Waals surface area contributed by atoms with E-state index in [0.29, 0.717) is 12.2 Å². The zero-order valence-electron chi connectivity index (χ0n) is 9.02. The molecule has 1 aromatic heterocycles. The molecule has 0 unspecified atom stereocenters. The summed E-state index contributed by atoms with van der Waals surface area (Å²) in [5, 5.41) is 0. The average Bonchev–Trinajstić information content (AvgIpc) is 2.23. The fourth-order valence-corrected chi connectivity index (χ4v) is 1.10. The van der Waals surface area contributed by atoms with Crippen molar-refractivity contribution < 1.29 is 9.57 Å².